The van der Waals surface area contributed by atoms with Gasteiger partial charge in [-0.2, -0.15) is 0 Å². The van der Waals surface area contributed by atoms with Gasteiger partial charge in [0.2, 0.25) is 5.91 Å². The molecule has 4 nitrogen and oxygen atoms in total. The van der Waals surface area contributed by atoms with Crippen LogP contribution in [0.1, 0.15) is 38.5 Å². The summed E-state index contributed by atoms with van der Waals surface area (Å²) < 4.78 is 5.87. The number of nitrogens with two attached hydrogens (primary N) is 1. The van der Waals surface area contributed by atoms with Crippen molar-refractivity contribution in [3.63, 3.8) is 0 Å². The molecule has 2 fully saturated rings. The zero-order chi connectivity index (χ0) is 16.0. The first-order chi connectivity index (χ1) is 10.4. The van der Waals surface area contributed by atoms with Crippen LogP contribution in [0.4, 0.5) is 0 Å². The molecule has 0 spiro atoms. The lowest BCUT2D eigenvalue weighted by atomic mass is 9.46. The van der Waals surface area contributed by atoms with E-state index in [2.05, 4.69) is 30.6 Å². The quantitative estimate of drug-likeness (QED) is 0.869. The SMILES string of the molecule is CC(Cc1cccs1)NC(=O)C1(N)C2CCCOC2C1(C)C.Cl. The maximum Gasteiger partial charge on any atom is 0.241 e. The highest BCUT2D eigenvalue weighted by atomic mass is 35.5. The van der Waals surface area contributed by atoms with Crippen LogP contribution in [0.15, 0.2) is 17.5 Å². The van der Waals surface area contributed by atoms with Crippen LogP contribution in [0.25, 0.3) is 0 Å². The van der Waals surface area contributed by atoms with Gasteiger partial charge in [-0.15, -0.1) is 23.7 Å². The minimum atomic E-state index is -0.818. The Morgan fingerprint density at radius 2 is 2.30 bits per heavy atom. The number of ether oxygens (including phenoxy) is 1. The van der Waals surface area contributed by atoms with E-state index in [9.17, 15) is 4.79 Å². The Kier molecular flexibility index (Phi) is 5.46. The largest absolute Gasteiger partial charge is 0.377 e. The highest BCUT2D eigenvalue weighted by Crippen LogP contribution is 2.57. The zero-order valence-electron chi connectivity index (χ0n) is 14.0. The van der Waals surface area contributed by atoms with Crippen LogP contribution in [0.5, 0.6) is 0 Å². The van der Waals surface area contributed by atoms with Crippen molar-refractivity contribution in [1.82, 2.24) is 5.32 Å². The number of nitrogens with one attached hydrogen (secondary N) is 1. The Hall–Kier alpha value is -0.620. The third-order valence-corrected chi connectivity index (χ3v) is 6.42. The molecule has 1 saturated heterocycles. The van der Waals surface area contributed by atoms with Gasteiger partial charge in [0.25, 0.3) is 0 Å². The first-order valence-electron chi connectivity index (χ1n) is 8.11. The molecular formula is C17H27ClN2O2S. The first kappa shape index (κ1) is 18.7. The molecule has 3 rings (SSSR count). The number of fused-ring (bicyclic) bond motifs is 1. The maximum absolute atomic E-state index is 12.9. The summed E-state index contributed by atoms with van der Waals surface area (Å²) in [4.78, 5) is 14.2. The summed E-state index contributed by atoms with van der Waals surface area (Å²) in [5, 5.41) is 5.20. The van der Waals surface area contributed by atoms with Gasteiger partial charge in [-0.1, -0.05) is 19.9 Å². The molecule has 1 aliphatic carbocycles. The topological polar surface area (TPSA) is 64.4 Å². The molecule has 2 heterocycles. The van der Waals surface area contributed by atoms with Crippen LogP contribution in [-0.4, -0.2) is 30.2 Å². The molecule has 23 heavy (non-hydrogen) atoms. The van der Waals surface area contributed by atoms with Crippen molar-refractivity contribution in [3.8, 4) is 0 Å². The van der Waals surface area contributed by atoms with E-state index in [0.717, 1.165) is 25.9 Å². The second-order valence-corrected chi connectivity index (χ2v) is 8.32. The first-order valence-corrected chi connectivity index (χ1v) is 8.99. The van der Waals surface area contributed by atoms with E-state index >= 15 is 0 Å². The van der Waals surface area contributed by atoms with E-state index in [1.54, 1.807) is 11.3 Å². The fourth-order valence-corrected chi connectivity index (χ4v) is 5.00. The van der Waals surface area contributed by atoms with Gasteiger partial charge in [0.15, 0.2) is 0 Å². The average Bonchev–Trinajstić information content (AvgIpc) is 2.98. The lowest BCUT2D eigenvalue weighted by Gasteiger charge is -2.65. The van der Waals surface area contributed by atoms with Crippen molar-refractivity contribution in [2.75, 3.05) is 6.61 Å². The molecule has 0 aromatic carbocycles. The second kappa shape index (κ2) is 6.71. The molecule has 1 amide bonds. The van der Waals surface area contributed by atoms with Crippen LogP contribution in [-0.2, 0) is 16.0 Å². The molecule has 0 radical (unpaired) electrons. The normalized spacial score (nSPS) is 32.9. The van der Waals surface area contributed by atoms with Crippen molar-refractivity contribution < 1.29 is 9.53 Å². The molecule has 130 valence electrons. The summed E-state index contributed by atoms with van der Waals surface area (Å²) in [6, 6.07) is 4.23. The third kappa shape index (κ3) is 2.93. The molecule has 3 N–H and O–H groups in total. The highest BCUT2D eigenvalue weighted by Gasteiger charge is 2.70. The summed E-state index contributed by atoms with van der Waals surface area (Å²) in [7, 11) is 0. The van der Waals surface area contributed by atoms with Crippen LogP contribution in [0.2, 0.25) is 0 Å². The number of carbonyl (C=O) groups excluding carboxylic acids is 1. The summed E-state index contributed by atoms with van der Waals surface area (Å²) in [5.74, 6) is 0.124. The summed E-state index contributed by atoms with van der Waals surface area (Å²) in [6.45, 7) is 6.95. The van der Waals surface area contributed by atoms with E-state index in [-0.39, 0.29) is 41.8 Å². The van der Waals surface area contributed by atoms with E-state index in [0.29, 0.717) is 0 Å². The van der Waals surface area contributed by atoms with Crippen molar-refractivity contribution in [2.24, 2.45) is 17.1 Å². The van der Waals surface area contributed by atoms with Gasteiger partial charge >= 0.3 is 0 Å². The number of hydrogen-bond donors (Lipinski definition) is 2. The van der Waals surface area contributed by atoms with Crippen molar-refractivity contribution >= 4 is 29.7 Å². The van der Waals surface area contributed by atoms with Gasteiger partial charge < -0.3 is 15.8 Å². The van der Waals surface area contributed by atoms with Gasteiger partial charge in [-0.3, -0.25) is 4.79 Å². The Labute approximate surface area is 148 Å². The van der Waals surface area contributed by atoms with Crippen molar-refractivity contribution in [1.29, 1.82) is 0 Å². The minimum absolute atomic E-state index is 0. The number of halogens is 1. The van der Waals surface area contributed by atoms with Crippen LogP contribution < -0.4 is 11.1 Å². The number of hydrogen-bond acceptors (Lipinski definition) is 4. The molecule has 0 bridgehead atoms. The van der Waals surface area contributed by atoms with Gasteiger partial charge in [0.05, 0.1) is 6.10 Å². The average molecular weight is 359 g/mol. The van der Waals surface area contributed by atoms with Crippen LogP contribution >= 0.6 is 23.7 Å². The zero-order valence-corrected chi connectivity index (χ0v) is 15.6. The fraction of sp³-hybridized carbons (Fsp3) is 0.706. The Morgan fingerprint density at radius 3 is 2.96 bits per heavy atom. The molecule has 1 saturated carbocycles. The maximum atomic E-state index is 12.9. The predicted octanol–water partition coefficient (Wildman–Crippen LogP) is 2.75. The lowest BCUT2D eigenvalue weighted by Crippen LogP contribution is -2.82. The van der Waals surface area contributed by atoms with Gasteiger partial charge in [-0.25, -0.2) is 0 Å². The fourth-order valence-electron chi connectivity index (χ4n) is 4.16. The summed E-state index contributed by atoms with van der Waals surface area (Å²) in [5.41, 5.74) is 5.48. The highest BCUT2D eigenvalue weighted by molar-refractivity contribution is 7.09. The number of rotatable bonds is 4. The van der Waals surface area contributed by atoms with Crippen LogP contribution in [0, 0.1) is 11.3 Å². The second-order valence-electron chi connectivity index (χ2n) is 7.29. The Morgan fingerprint density at radius 1 is 1.57 bits per heavy atom. The lowest BCUT2D eigenvalue weighted by molar-refractivity contribution is -0.225. The Bertz CT molecular complexity index is 549. The smallest absolute Gasteiger partial charge is 0.241 e. The molecule has 1 aromatic rings. The van der Waals surface area contributed by atoms with E-state index < -0.39 is 5.54 Å². The molecule has 4 unspecified atom stereocenters. The summed E-state index contributed by atoms with van der Waals surface area (Å²) in [6.07, 6.45) is 2.94. The Balaban J connectivity index is 0.00000192. The number of carbonyl (C=O) groups is 1. The third-order valence-electron chi connectivity index (χ3n) is 5.53. The van der Waals surface area contributed by atoms with Gasteiger partial charge in [0, 0.05) is 35.3 Å². The van der Waals surface area contributed by atoms with Crippen LogP contribution in [0.3, 0.4) is 0 Å². The molecule has 6 heteroatoms. The standard InChI is InChI=1S/C17H26N2O2S.ClH/c1-11(10-12-6-5-9-22-12)19-15(20)17(18)13-7-4-8-21-14(13)16(17,2)3;/h5-6,9,11,13-14H,4,7-8,10,18H2,1-3H3,(H,19,20);1H. The number of amides is 1. The van der Waals surface area contributed by atoms with E-state index in [1.807, 2.05) is 13.0 Å². The van der Waals surface area contributed by atoms with Crippen molar-refractivity contribution in [3.05, 3.63) is 22.4 Å². The monoisotopic (exact) mass is 358 g/mol. The van der Waals surface area contributed by atoms with E-state index in [1.165, 1.54) is 4.88 Å². The minimum Gasteiger partial charge on any atom is -0.377 e. The molecule has 1 aliphatic heterocycles. The molecule has 4 atom stereocenters. The summed E-state index contributed by atoms with van der Waals surface area (Å²) >= 11 is 1.72. The van der Waals surface area contributed by atoms with Gasteiger partial charge in [-0.05, 0) is 31.2 Å². The van der Waals surface area contributed by atoms with Crippen molar-refractivity contribution in [2.45, 2.75) is 57.7 Å². The molecule has 2 aliphatic rings. The predicted molar refractivity (Wildman–Crippen MR) is 96.0 cm³/mol. The molecule has 1 aromatic heterocycles. The number of thiophene rings is 1. The molecular weight excluding hydrogens is 332 g/mol. The van der Waals surface area contributed by atoms with Gasteiger partial charge in [0.1, 0.15) is 5.54 Å². The van der Waals surface area contributed by atoms with E-state index in [4.69, 9.17) is 10.5 Å².